The number of carbonyl (C=O) groups excluding carboxylic acids is 2. The number of halogens is 2. The van der Waals surface area contributed by atoms with Crippen molar-refractivity contribution in [3.63, 3.8) is 0 Å². The van der Waals surface area contributed by atoms with Gasteiger partial charge in [0.05, 0.1) is 22.9 Å². The predicted molar refractivity (Wildman–Crippen MR) is 131 cm³/mol. The van der Waals surface area contributed by atoms with E-state index in [1.807, 2.05) is 13.8 Å². The maximum Gasteiger partial charge on any atom is 0.253 e. The Balaban J connectivity index is 1.72. The van der Waals surface area contributed by atoms with E-state index >= 15 is 0 Å². The van der Waals surface area contributed by atoms with Crippen LogP contribution in [0.4, 0.5) is 5.69 Å². The van der Waals surface area contributed by atoms with Crippen LogP contribution in [0.1, 0.15) is 42.6 Å². The smallest absolute Gasteiger partial charge is 0.253 e. The minimum atomic E-state index is -3.74. The van der Waals surface area contributed by atoms with Crippen molar-refractivity contribution >= 4 is 50.7 Å². The average molecular weight is 512 g/mol. The highest BCUT2D eigenvalue weighted by molar-refractivity contribution is 7.88. The van der Waals surface area contributed by atoms with Gasteiger partial charge in [-0.3, -0.25) is 9.59 Å². The van der Waals surface area contributed by atoms with Gasteiger partial charge in [-0.1, -0.05) is 41.4 Å². The Morgan fingerprint density at radius 3 is 2.42 bits per heavy atom. The van der Waals surface area contributed by atoms with E-state index in [-0.39, 0.29) is 40.2 Å². The molecule has 0 radical (unpaired) electrons. The molecule has 0 saturated carbocycles. The predicted octanol–water partition coefficient (Wildman–Crippen LogP) is 4.31. The van der Waals surface area contributed by atoms with Crippen LogP contribution < -0.4 is 10.6 Å². The molecule has 1 aliphatic heterocycles. The zero-order valence-corrected chi connectivity index (χ0v) is 20.8. The van der Waals surface area contributed by atoms with Crippen molar-refractivity contribution in [3.8, 4) is 0 Å². The summed E-state index contributed by atoms with van der Waals surface area (Å²) in [5.41, 5.74) is 1.09. The molecule has 1 saturated heterocycles. The quantitative estimate of drug-likeness (QED) is 0.578. The van der Waals surface area contributed by atoms with E-state index in [9.17, 15) is 18.0 Å². The molecule has 0 bridgehead atoms. The number of sulfonamides is 1. The molecule has 178 valence electrons. The highest BCUT2D eigenvalue weighted by atomic mass is 35.5. The van der Waals surface area contributed by atoms with Crippen LogP contribution in [0.25, 0.3) is 0 Å². The van der Waals surface area contributed by atoms with Crippen LogP contribution in [0.3, 0.4) is 0 Å². The molecule has 1 heterocycles. The number of hydrogen-bond acceptors (Lipinski definition) is 4. The molecule has 33 heavy (non-hydrogen) atoms. The summed E-state index contributed by atoms with van der Waals surface area (Å²) in [7, 11) is -3.74. The zero-order valence-electron chi connectivity index (χ0n) is 18.5. The summed E-state index contributed by atoms with van der Waals surface area (Å²) >= 11 is 12.3. The number of para-hydroxylation sites is 1. The molecule has 2 N–H and O–H groups in total. The van der Waals surface area contributed by atoms with Gasteiger partial charge >= 0.3 is 0 Å². The topological polar surface area (TPSA) is 95.6 Å². The van der Waals surface area contributed by atoms with Crippen molar-refractivity contribution in [3.05, 3.63) is 63.6 Å². The molecular formula is C23H27Cl2N3O4S. The minimum Gasteiger partial charge on any atom is -0.350 e. The minimum absolute atomic E-state index is 0.0509. The van der Waals surface area contributed by atoms with Crippen LogP contribution in [0, 0.1) is 5.92 Å². The van der Waals surface area contributed by atoms with Crippen molar-refractivity contribution in [2.45, 2.75) is 38.5 Å². The number of anilines is 1. The number of benzene rings is 2. The van der Waals surface area contributed by atoms with Crippen LogP contribution in [0.15, 0.2) is 42.5 Å². The number of rotatable bonds is 7. The molecule has 7 nitrogen and oxygen atoms in total. The Hall–Kier alpha value is -2.13. The van der Waals surface area contributed by atoms with Crippen LogP contribution >= 0.6 is 23.2 Å². The molecule has 1 atom stereocenters. The number of amides is 2. The van der Waals surface area contributed by atoms with Gasteiger partial charge in [0.1, 0.15) is 0 Å². The van der Waals surface area contributed by atoms with Gasteiger partial charge < -0.3 is 10.6 Å². The number of piperidine rings is 1. The lowest BCUT2D eigenvalue weighted by molar-refractivity contribution is -0.120. The van der Waals surface area contributed by atoms with Crippen molar-refractivity contribution in [1.29, 1.82) is 0 Å². The zero-order chi connectivity index (χ0) is 24.2. The molecule has 0 aromatic heterocycles. The van der Waals surface area contributed by atoms with Gasteiger partial charge in [-0.2, -0.15) is 0 Å². The number of carbonyl (C=O) groups is 2. The summed E-state index contributed by atoms with van der Waals surface area (Å²) in [6.07, 6.45) is 1.09. The highest BCUT2D eigenvalue weighted by Gasteiger charge is 2.33. The van der Waals surface area contributed by atoms with Crippen LogP contribution in [0.2, 0.25) is 10.0 Å². The largest absolute Gasteiger partial charge is 0.350 e. The van der Waals surface area contributed by atoms with Gasteiger partial charge in [0.15, 0.2) is 0 Å². The summed E-state index contributed by atoms with van der Waals surface area (Å²) in [5.74, 6) is -1.49. The Morgan fingerprint density at radius 1 is 1.09 bits per heavy atom. The fourth-order valence-electron chi connectivity index (χ4n) is 3.72. The summed E-state index contributed by atoms with van der Waals surface area (Å²) in [6.45, 7) is 4.08. The number of hydrogen-bond donors (Lipinski definition) is 2. The maximum atomic E-state index is 13.1. The second kappa shape index (κ2) is 10.9. The Kier molecular flexibility index (Phi) is 8.39. The van der Waals surface area contributed by atoms with Crippen LogP contribution in [-0.4, -0.2) is 43.7 Å². The molecule has 1 fully saturated rings. The third kappa shape index (κ3) is 6.47. The summed E-state index contributed by atoms with van der Waals surface area (Å²) in [4.78, 5) is 25.5. The van der Waals surface area contributed by atoms with Gasteiger partial charge in [0.25, 0.3) is 5.91 Å². The van der Waals surface area contributed by atoms with E-state index < -0.39 is 15.9 Å². The monoisotopic (exact) mass is 511 g/mol. The third-order valence-corrected chi connectivity index (χ3v) is 7.87. The van der Waals surface area contributed by atoms with E-state index in [2.05, 4.69) is 10.6 Å². The molecule has 0 unspecified atom stereocenters. The normalized spacial score (nSPS) is 17.1. The second-order valence-corrected chi connectivity index (χ2v) is 11.1. The number of nitrogens with zero attached hydrogens (tertiary/aromatic N) is 1. The molecule has 0 spiro atoms. The molecule has 2 aromatic carbocycles. The van der Waals surface area contributed by atoms with Crippen molar-refractivity contribution < 1.29 is 18.0 Å². The highest BCUT2D eigenvalue weighted by Crippen LogP contribution is 2.29. The van der Waals surface area contributed by atoms with E-state index in [1.165, 1.54) is 4.31 Å². The molecule has 10 heteroatoms. The van der Waals surface area contributed by atoms with Gasteiger partial charge in [0.2, 0.25) is 15.9 Å². The number of nitrogens with one attached hydrogen (secondary N) is 2. The van der Waals surface area contributed by atoms with E-state index in [1.54, 1.807) is 42.5 Å². The van der Waals surface area contributed by atoms with E-state index in [4.69, 9.17) is 23.2 Å². The maximum absolute atomic E-state index is 13.1. The fourth-order valence-corrected chi connectivity index (χ4v) is 6.08. The first kappa shape index (κ1) is 25.5. The Labute approximate surface area is 204 Å². The third-order valence-electron chi connectivity index (χ3n) is 5.39. The summed E-state index contributed by atoms with van der Waals surface area (Å²) < 4.78 is 27.4. The molecule has 1 aliphatic rings. The van der Waals surface area contributed by atoms with Gasteiger partial charge in [0, 0.05) is 34.7 Å². The molecule has 3 rings (SSSR count). The average Bonchev–Trinajstić information content (AvgIpc) is 2.76. The molecule has 0 aliphatic carbocycles. The van der Waals surface area contributed by atoms with Gasteiger partial charge in [-0.25, -0.2) is 12.7 Å². The van der Waals surface area contributed by atoms with Gasteiger partial charge in [-0.05, 0) is 51.0 Å². The molecule has 2 amide bonds. The SMILES string of the molecule is CC(C)NC(=O)c1ccccc1NC(=O)[C@H]1CCCN(S(=O)(=O)Cc2c(Cl)cccc2Cl)C1. The van der Waals surface area contributed by atoms with Crippen molar-refractivity contribution in [1.82, 2.24) is 9.62 Å². The Bertz CT molecular complexity index is 1120. The standard InChI is InChI=1S/C23H27Cl2N3O4S/c1-15(2)26-23(30)17-8-3-4-11-21(17)27-22(29)16-7-6-12-28(13-16)33(31,32)14-18-19(24)9-5-10-20(18)25/h3-5,8-11,15-16H,6-7,12-14H2,1-2H3,(H,26,30)(H,27,29)/t16-/m0/s1. The van der Waals surface area contributed by atoms with Crippen molar-refractivity contribution in [2.75, 3.05) is 18.4 Å². The van der Waals surface area contributed by atoms with Crippen LogP contribution in [0.5, 0.6) is 0 Å². The van der Waals surface area contributed by atoms with E-state index in [0.717, 1.165) is 0 Å². The van der Waals surface area contributed by atoms with Crippen molar-refractivity contribution in [2.24, 2.45) is 5.92 Å². The Morgan fingerprint density at radius 2 is 1.76 bits per heavy atom. The first-order valence-electron chi connectivity index (χ1n) is 10.7. The van der Waals surface area contributed by atoms with Gasteiger partial charge in [-0.15, -0.1) is 0 Å². The second-order valence-electron chi connectivity index (χ2n) is 8.32. The fraction of sp³-hybridized carbons (Fsp3) is 0.391. The first-order chi connectivity index (χ1) is 15.6. The summed E-state index contributed by atoms with van der Waals surface area (Å²) in [5, 5.41) is 6.19. The lowest BCUT2D eigenvalue weighted by Crippen LogP contribution is -2.44. The lowest BCUT2D eigenvalue weighted by atomic mass is 9.98. The van der Waals surface area contributed by atoms with E-state index in [0.29, 0.717) is 36.2 Å². The molecule has 2 aromatic rings. The first-order valence-corrected chi connectivity index (χ1v) is 13.1. The molecular weight excluding hydrogens is 485 g/mol. The summed E-state index contributed by atoms with van der Waals surface area (Å²) in [6, 6.07) is 11.5. The lowest BCUT2D eigenvalue weighted by Gasteiger charge is -2.31. The van der Waals surface area contributed by atoms with Crippen LogP contribution in [-0.2, 0) is 20.6 Å².